The highest BCUT2D eigenvalue weighted by atomic mass is 32.2. The first-order chi connectivity index (χ1) is 12.8. The van der Waals surface area contributed by atoms with E-state index in [1.54, 1.807) is 6.07 Å². The van der Waals surface area contributed by atoms with Crippen LogP contribution in [0, 0.1) is 0 Å². The molecule has 1 aliphatic rings. The average Bonchev–Trinajstić information content (AvgIpc) is 3.44. The number of para-hydroxylation sites is 1. The Balaban J connectivity index is 1.91. The van der Waals surface area contributed by atoms with Crippen molar-refractivity contribution in [1.29, 1.82) is 0 Å². The first-order valence-electron chi connectivity index (χ1n) is 8.92. The van der Waals surface area contributed by atoms with Gasteiger partial charge in [-0.1, -0.05) is 32.0 Å². The molecule has 0 saturated heterocycles. The number of benzene rings is 2. The lowest BCUT2D eigenvalue weighted by molar-refractivity contribution is 0.102. The van der Waals surface area contributed by atoms with E-state index in [1.807, 2.05) is 38.1 Å². The zero-order valence-electron chi connectivity index (χ0n) is 15.7. The maximum Gasteiger partial charge on any atom is 0.255 e. The number of ether oxygens (including phenoxy) is 1. The molecule has 0 atom stereocenters. The number of anilines is 1. The van der Waals surface area contributed by atoms with Crippen molar-refractivity contribution in [2.45, 2.75) is 43.5 Å². The van der Waals surface area contributed by atoms with Gasteiger partial charge in [0.05, 0.1) is 7.11 Å². The summed E-state index contributed by atoms with van der Waals surface area (Å²) >= 11 is 0. The van der Waals surface area contributed by atoms with Crippen molar-refractivity contribution in [3.05, 3.63) is 53.6 Å². The fourth-order valence-electron chi connectivity index (χ4n) is 2.82. The largest absolute Gasteiger partial charge is 0.495 e. The van der Waals surface area contributed by atoms with Crippen LogP contribution in [0.5, 0.6) is 5.75 Å². The van der Waals surface area contributed by atoms with Crippen molar-refractivity contribution in [2.24, 2.45) is 0 Å². The van der Waals surface area contributed by atoms with Crippen LogP contribution < -0.4 is 14.8 Å². The van der Waals surface area contributed by atoms with E-state index in [0.29, 0.717) is 5.69 Å². The molecule has 0 heterocycles. The Labute approximate surface area is 160 Å². The maximum atomic E-state index is 12.7. The van der Waals surface area contributed by atoms with Crippen LogP contribution >= 0.6 is 0 Å². The molecule has 0 unspecified atom stereocenters. The van der Waals surface area contributed by atoms with Gasteiger partial charge in [-0.25, -0.2) is 13.1 Å². The third-order valence-corrected chi connectivity index (χ3v) is 5.99. The Hall–Kier alpha value is -2.38. The van der Waals surface area contributed by atoms with Crippen LogP contribution in [-0.2, 0) is 10.0 Å². The summed E-state index contributed by atoms with van der Waals surface area (Å²) in [5.41, 5.74) is 1.99. The topological polar surface area (TPSA) is 84.5 Å². The molecule has 0 bridgehead atoms. The van der Waals surface area contributed by atoms with Gasteiger partial charge in [0.1, 0.15) is 10.6 Å². The van der Waals surface area contributed by atoms with Gasteiger partial charge >= 0.3 is 0 Å². The van der Waals surface area contributed by atoms with Gasteiger partial charge < -0.3 is 10.1 Å². The molecule has 0 radical (unpaired) electrons. The molecule has 1 saturated carbocycles. The first kappa shape index (κ1) is 19.4. The molecule has 2 aromatic carbocycles. The van der Waals surface area contributed by atoms with E-state index in [2.05, 4.69) is 10.0 Å². The van der Waals surface area contributed by atoms with Crippen molar-refractivity contribution in [3.63, 3.8) is 0 Å². The highest BCUT2D eigenvalue weighted by molar-refractivity contribution is 7.89. The molecule has 0 aliphatic heterocycles. The molecule has 1 amide bonds. The van der Waals surface area contributed by atoms with Crippen molar-refractivity contribution < 1.29 is 17.9 Å². The Morgan fingerprint density at radius 2 is 1.85 bits per heavy atom. The van der Waals surface area contributed by atoms with Gasteiger partial charge in [-0.15, -0.1) is 0 Å². The highest BCUT2D eigenvalue weighted by Crippen LogP contribution is 2.29. The van der Waals surface area contributed by atoms with Crippen LogP contribution in [0.15, 0.2) is 47.4 Å². The predicted molar refractivity (Wildman–Crippen MR) is 105 cm³/mol. The molecule has 27 heavy (non-hydrogen) atoms. The lowest BCUT2D eigenvalue weighted by atomic mass is 10.0. The Morgan fingerprint density at radius 3 is 2.48 bits per heavy atom. The number of hydrogen-bond donors (Lipinski definition) is 2. The van der Waals surface area contributed by atoms with Crippen LogP contribution in [0.25, 0.3) is 0 Å². The lowest BCUT2D eigenvalue weighted by Gasteiger charge is -2.15. The van der Waals surface area contributed by atoms with E-state index < -0.39 is 10.0 Å². The molecule has 1 aliphatic carbocycles. The van der Waals surface area contributed by atoms with Gasteiger partial charge in [0, 0.05) is 17.3 Å². The molecular formula is C20H24N2O4S. The minimum atomic E-state index is -3.75. The van der Waals surface area contributed by atoms with Gasteiger partial charge in [-0.3, -0.25) is 4.79 Å². The molecular weight excluding hydrogens is 364 g/mol. The Bertz CT molecular complexity index is 950. The van der Waals surface area contributed by atoms with Crippen LogP contribution in [0.3, 0.4) is 0 Å². The van der Waals surface area contributed by atoms with E-state index in [0.717, 1.165) is 18.4 Å². The smallest absolute Gasteiger partial charge is 0.255 e. The van der Waals surface area contributed by atoms with Crippen LogP contribution in [-0.4, -0.2) is 27.5 Å². The highest BCUT2D eigenvalue weighted by Gasteiger charge is 2.30. The second kappa shape index (κ2) is 7.70. The van der Waals surface area contributed by atoms with E-state index in [1.165, 1.54) is 19.2 Å². The number of rotatable bonds is 7. The normalized spacial score (nSPS) is 14.2. The summed E-state index contributed by atoms with van der Waals surface area (Å²) < 4.78 is 33.0. The third kappa shape index (κ3) is 4.48. The molecule has 0 spiro atoms. The van der Waals surface area contributed by atoms with Crippen molar-refractivity contribution in [2.75, 3.05) is 12.4 Å². The Kier molecular flexibility index (Phi) is 5.53. The molecule has 3 rings (SSSR count). The summed E-state index contributed by atoms with van der Waals surface area (Å²) in [4.78, 5) is 12.7. The summed E-state index contributed by atoms with van der Waals surface area (Å²) in [5, 5.41) is 2.88. The van der Waals surface area contributed by atoms with Crippen LogP contribution in [0.1, 0.15) is 48.5 Å². The van der Waals surface area contributed by atoms with E-state index in [-0.39, 0.29) is 34.1 Å². The number of carbonyl (C=O) groups excluding carboxylic acids is 1. The summed E-state index contributed by atoms with van der Waals surface area (Å²) in [7, 11) is -2.34. The van der Waals surface area contributed by atoms with Crippen LogP contribution in [0.4, 0.5) is 5.69 Å². The fraction of sp³-hybridized carbons (Fsp3) is 0.350. The van der Waals surface area contributed by atoms with Crippen LogP contribution in [0.2, 0.25) is 0 Å². The second-order valence-corrected chi connectivity index (χ2v) is 8.64. The monoisotopic (exact) mass is 388 g/mol. The van der Waals surface area contributed by atoms with E-state index in [4.69, 9.17) is 4.74 Å². The number of hydrogen-bond acceptors (Lipinski definition) is 4. The molecule has 6 nitrogen and oxygen atoms in total. The van der Waals surface area contributed by atoms with Gasteiger partial charge in [0.2, 0.25) is 10.0 Å². The molecule has 7 heteroatoms. The Morgan fingerprint density at radius 1 is 1.15 bits per heavy atom. The molecule has 0 aromatic heterocycles. The second-order valence-electron chi connectivity index (χ2n) is 6.96. The molecule has 2 aromatic rings. The van der Waals surface area contributed by atoms with Crippen molar-refractivity contribution >= 4 is 21.6 Å². The maximum absolute atomic E-state index is 12.7. The van der Waals surface area contributed by atoms with Crippen molar-refractivity contribution in [1.82, 2.24) is 4.72 Å². The lowest BCUT2D eigenvalue weighted by Crippen LogP contribution is -2.26. The molecule has 2 N–H and O–H groups in total. The molecule has 1 fully saturated rings. The fourth-order valence-corrected chi connectivity index (χ4v) is 4.32. The number of sulfonamides is 1. The van der Waals surface area contributed by atoms with E-state index >= 15 is 0 Å². The van der Waals surface area contributed by atoms with Gasteiger partial charge in [-0.05, 0) is 48.6 Å². The zero-order valence-corrected chi connectivity index (χ0v) is 16.5. The summed E-state index contributed by atoms with van der Waals surface area (Å²) in [6.45, 7) is 4.10. The average molecular weight is 388 g/mol. The standard InChI is InChI=1S/C20H24N2O4S/c1-13(2)16-6-4-5-7-17(16)21-20(23)14-8-11-18(26-3)19(12-14)27(24,25)22-15-9-10-15/h4-8,11-13,15,22H,9-10H2,1-3H3,(H,21,23). The van der Waals surface area contributed by atoms with Crippen molar-refractivity contribution in [3.8, 4) is 5.75 Å². The molecule has 144 valence electrons. The van der Waals surface area contributed by atoms with Gasteiger partial charge in [-0.2, -0.15) is 0 Å². The minimum absolute atomic E-state index is 0.0262. The SMILES string of the molecule is COc1ccc(C(=O)Nc2ccccc2C(C)C)cc1S(=O)(=O)NC1CC1. The number of amides is 1. The zero-order chi connectivity index (χ0) is 19.6. The van der Waals surface area contributed by atoms with Gasteiger partial charge in [0.15, 0.2) is 0 Å². The summed E-state index contributed by atoms with van der Waals surface area (Å²) in [5.74, 6) is 0.0898. The quantitative estimate of drug-likeness (QED) is 0.760. The number of carbonyl (C=O) groups is 1. The number of nitrogens with one attached hydrogen (secondary N) is 2. The summed E-state index contributed by atoms with van der Waals surface area (Å²) in [6.07, 6.45) is 1.65. The third-order valence-electron chi connectivity index (χ3n) is 4.45. The number of methoxy groups -OCH3 is 1. The van der Waals surface area contributed by atoms with E-state index in [9.17, 15) is 13.2 Å². The predicted octanol–water partition coefficient (Wildman–Crippen LogP) is 3.51. The first-order valence-corrected chi connectivity index (χ1v) is 10.4. The summed E-state index contributed by atoms with van der Waals surface area (Å²) in [6, 6.07) is 12.0. The van der Waals surface area contributed by atoms with Gasteiger partial charge in [0.25, 0.3) is 5.91 Å². The minimum Gasteiger partial charge on any atom is -0.495 e.